The summed E-state index contributed by atoms with van der Waals surface area (Å²) < 4.78 is 11.5. The SMILES string of the molecule is CCCOC1(CN=C(NCC)NC2CCN(CCCOC)CC2)CCCCC1. The molecule has 0 radical (unpaired) electrons. The molecule has 1 aliphatic carbocycles. The van der Waals surface area contributed by atoms with Crippen molar-refractivity contribution < 1.29 is 9.47 Å². The van der Waals surface area contributed by atoms with Crippen molar-refractivity contribution in [2.24, 2.45) is 4.99 Å². The first kappa shape index (κ1) is 23.4. The maximum Gasteiger partial charge on any atom is 0.191 e. The molecule has 0 spiro atoms. The van der Waals surface area contributed by atoms with E-state index in [9.17, 15) is 0 Å². The molecule has 2 N–H and O–H groups in total. The van der Waals surface area contributed by atoms with Gasteiger partial charge in [-0.15, -0.1) is 0 Å². The highest BCUT2D eigenvalue weighted by molar-refractivity contribution is 5.80. The van der Waals surface area contributed by atoms with Crippen LogP contribution in [0.15, 0.2) is 4.99 Å². The fourth-order valence-corrected chi connectivity index (χ4v) is 4.33. The van der Waals surface area contributed by atoms with Gasteiger partial charge < -0.3 is 25.0 Å². The lowest BCUT2D eigenvalue weighted by Gasteiger charge is -2.36. The van der Waals surface area contributed by atoms with Gasteiger partial charge in [0.1, 0.15) is 0 Å². The Morgan fingerprint density at radius 3 is 2.50 bits per heavy atom. The topological polar surface area (TPSA) is 58.1 Å². The van der Waals surface area contributed by atoms with Crippen molar-refractivity contribution in [1.29, 1.82) is 0 Å². The molecule has 1 heterocycles. The average molecular weight is 397 g/mol. The van der Waals surface area contributed by atoms with E-state index in [4.69, 9.17) is 14.5 Å². The quantitative estimate of drug-likeness (QED) is 0.319. The molecule has 6 nitrogen and oxygen atoms in total. The van der Waals surface area contributed by atoms with Crippen LogP contribution in [0.3, 0.4) is 0 Å². The summed E-state index contributed by atoms with van der Waals surface area (Å²) in [5.41, 5.74) is -0.0404. The van der Waals surface area contributed by atoms with Crippen molar-refractivity contribution in [3.8, 4) is 0 Å². The van der Waals surface area contributed by atoms with E-state index in [2.05, 4.69) is 29.4 Å². The maximum atomic E-state index is 6.32. The molecule has 1 saturated heterocycles. The van der Waals surface area contributed by atoms with Crippen molar-refractivity contribution in [2.75, 3.05) is 53.0 Å². The van der Waals surface area contributed by atoms with Crippen LogP contribution in [0.4, 0.5) is 0 Å². The highest BCUT2D eigenvalue weighted by Gasteiger charge is 2.33. The first-order valence-electron chi connectivity index (χ1n) is 11.6. The molecule has 0 unspecified atom stereocenters. The zero-order valence-electron chi connectivity index (χ0n) is 18.6. The van der Waals surface area contributed by atoms with Crippen molar-refractivity contribution in [1.82, 2.24) is 15.5 Å². The number of guanidine groups is 1. The molecule has 0 aromatic rings. The second-order valence-electron chi connectivity index (χ2n) is 8.39. The smallest absolute Gasteiger partial charge is 0.191 e. The van der Waals surface area contributed by atoms with Gasteiger partial charge in [0.05, 0.1) is 12.1 Å². The molecular formula is C22H44N4O2. The molecule has 0 atom stereocenters. The van der Waals surface area contributed by atoms with Crippen molar-refractivity contribution in [2.45, 2.75) is 83.3 Å². The average Bonchev–Trinajstić information content (AvgIpc) is 2.73. The van der Waals surface area contributed by atoms with Gasteiger partial charge in [0, 0.05) is 52.5 Å². The summed E-state index contributed by atoms with van der Waals surface area (Å²) in [6.45, 7) is 11.2. The van der Waals surface area contributed by atoms with Gasteiger partial charge in [-0.05, 0) is 45.4 Å². The number of hydrogen-bond acceptors (Lipinski definition) is 4. The zero-order chi connectivity index (χ0) is 20.1. The zero-order valence-corrected chi connectivity index (χ0v) is 18.6. The highest BCUT2D eigenvalue weighted by atomic mass is 16.5. The van der Waals surface area contributed by atoms with E-state index in [-0.39, 0.29) is 5.60 Å². The Kier molecular flexibility index (Phi) is 11.2. The highest BCUT2D eigenvalue weighted by Crippen LogP contribution is 2.32. The van der Waals surface area contributed by atoms with Crippen LogP contribution in [-0.4, -0.2) is 75.5 Å². The Bertz CT molecular complexity index is 430. The van der Waals surface area contributed by atoms with Crippen LogP contribution in [0.1, 0.15) is 71.6 Å². The fourth-order valence-electron chi connectivity index (χ4n) is 4.33. The Hall–Kier alpha value is -0.850. The summed E-state index contributed by atoms with van der Waals surface area (Å²) in [5.74, 6) is 0.963. The largest absolute Gasteiger partial charge is 0.385 e. The standard InChI is InChI=1S/C22H44N4O2/c1-4-17-28-22(12-7-6-8-13-22)19-24-21(23-5-2)25-20-10-15-26(16-11-20)14-9-18-27-3/h20H,4-19H2,1-3H3,(H2,23,24,25). The molecule has 0 amide bonds. The molecule has 2 fully saturated rings. The summed E-state index contributed by atoms with van der Waals surface area (Å²) in [7, 11) is 1.78. The molecule has 2 rings (SSSR count). The number of rotatable bonds is 11. The van der Waals surface area contributed by atoms with Crippen molar-refractivity contribution in [3.63, 3.8) is 0 Å². The Labute approximate surface area is 172 Å². The van der Waals surface area contributed by atoms with E-state index >= 15 is 0 Å². The summed E-state index contributed by atoms with van der Waals surface area (Å²) in [6, 6.07) is 0.510. The molecule has 0 aromatic carbocycles. The molecule has 28 heavy (non-hydrogen) atoms. The summed E-state index contributed by atoms with van der Waals surface area (Å²) in [4.78, 5) is 7.53. The minimum Gasteiger partial charge on any atom is -0.385 e. The molecule has 0 aromatic heterocycles. The van der Waals surface area contributed by atoms with Crippen LogP contribution in [0, 0.1) is 0 Å². The number of hydrogen-bond donors (Lipinski definition) is 2. The molecule has 2 aliphatic rings. The van der Waals surface area contributed by atoms with E-state index in [1.807, 2.05) is 0 Å². The predicted octanol–water partition coefficient (Wildman–Crippen LogP) is 3.17. The van der Waals surface area contributed by atoms with E-state index in [0.29, 0.717) is 6.04 Å². The number of aliphatic imine (C=N–C) groups is 1. The van der Waals surface area contributed by atoms with Crippen LogP contribution in [-0.2, 0) is 9.47 Å². The number of ether oxygens (including phenoxy) is 2. The first-order chi connectivity index (χ1) is 13.7. The lowest BCUT2D eigenvalue weighted by molar-refractivity contribution is -0.0624. The second-order valence-corrected chi connectivity index (χ2v) is 8.39. The molecule has 1 saturated carbocycles. The van der Waals surface area contributed by atoms with Crippen molar-refractivity contribution in [3.05, 3.63) is 0 Å². The number of likely N-dealkylation sites (tertiary alicyclic amines) is 1. The Morgan fingerprint density at radius 2 is 1.86 bits per heavy atom. The van der Waals surface area contributed by atoms with Gasteiger partial charge in [-0.3, -0.25) is 4.99 Å². The molecule has 164 valence electrons. The number of piperidine rings is 1. The normalized spacial score (nSPS) is 21.6. The van der Waals surface area contributed by atoms with Gasteiger partial charge in [-0.25, -0.2) is 0 Å². The predicted molar refractivity (Wildman–Crippen MR) is 117 cm³/mol. The second kappa shape index (κ2) is 13.4. The Morgan fingerprint density at radius 1 is 1.11 bits per heavy atom. The first-order valence-corrected chi connectivity index (χ1v) is 11.6. The third-order valence-electron chi connectivity index (χ3n) is 6.00. The minimum absolute atomic E-state index is 0.0404. The van der Waals surface area contributed by atoms with Gasteiger partial charge in [0.2, 0.25) is 0 Å². The Balaban J connectivity index is 1.84. The van der Waals surface area contributed by atoms with E-state index in [1.54, 1.807) is 7.11 Å². The molecule has 6 heteroatoms. The van der Waals surface area contributed by atoms with E-state index < -0.39 is 0 Å². The number of nitrogens with zero attached hydrogens (tertiary/aromatic N) is 2. The van der Waals surface area contributed by atoms with E-state index in [1.165, 1.54) is 32.1 Å². The summed E-state index contributed by atoms with van der Waals surface area (Å²) in [6.07, 6.45) is 10.7. The summed E-state index contributed by atoms with van der Waals surface area (Å²) >= 11 is 0. The lowest BCUT2D eigenvalue weighted by Crippen LogP contribution is -2.49. The third-order valence-corrected chi connectivity index (χ3v) is 6.00. The fraction of sp³-hybridized carbons (Fsp3) is 0.955. The van der Waals surface area contributed by atoms with Gasteiger partial charge in [0.15, 0.2) is 5.96 Å². The molecule has 1 aliphatic heterocycles. The maximum absolute atomic E-state index is 6.32. The van der Waals surface area contributed by atoms with Crippen LogP contribution in [0.5, 0.6) is 0 Å². The summed E-state index contributed by atoms with van der Waals surface area (Å²) in [5, 5.41) is 7.14. The van der Waals surface area contributed by atoms with Gasteiger partial charge in [-0.1, -0.05) is 26.2 Å². The van der Waals surface area contributed by atoms with Crippen LogP contribution >= 0.6 is 0 Å². The lowest BCUT2D eigenvalue weighted by atomic mass is 9.84. The van der Waals surface area contributed by atoms with Crippen molar-refractivity contribution >= 4 is 5.96 Å². The van der Waals surface area contributed by atoms with Crippen LogP contribution < -0.4 is 10.6 Å². The van der Waals surface area contributed by atoms with Gasteiger partial charge >= 0.3 is 0 Å². The van der Waals surface area contributed by atoms with Crippen LogP contribution in [0.25, 0.3) is 0 Å². The molecular weight excluding hydrogens is 352 g/mol. The minimum atomic E-state index is -0.0404. The number of methoxy groups -OCH3 is 1. The molecule has 0 bridgehead atoms. The number of nitrogens with one attached hydrogen (secondary N) is 2. The van der Waals surface area contributed by atoms with E-state index in [0.717, 1.165) is 77.6 Å². The van der Waals surface area contributed by atoms with Gasteiger partial charge in [0.25, 0.3) is 0 Å². The third kappa shape index (κ3) is 8.26. The monoisotopic (exact) mass is 396 g/mol. The van der Waals surface area contributed by atoms with Gasteiger partial charge in [-0.2, -0.15) is 0 Å². The van der Waals surface area contributed by atoms with Crippen LogP contribution in [0.2, 0.25) is 0 Å².